The molecule has 2 aromatic heterocycles. The monoisotopic (exact) mass is 537 g/mol. The first-order chi connectivity index (χ1) is 17.2. The molecule has 12 heteroatoms. The number of aromatic amines is 1. The molecule has 194 valence electrons. The van der Waals surface area contributed by atoms with Crippen molar-refractivity contribution in [2.45, 2.75) is 44.1 Å². The van der Waals surface area contributed by atoms with E-state index < -0.39 is 27.1 Å². The summed E-state index contributed by atoms with van der Waals surface area (Å²) in [4.78, 5) is 32.6. The maximum Gasteiger partial charge on any atom is 0.287 e. The van der Waals surface area contributed by atoms with Crippen LogP contribution in [0.25, 0.3) is 10.2 Å². The van der Waals surface area contributed by atoms with Gasteiger partial charge in [0.25, 0.3) is 11.5 Å². The molecule has 2 heterocycles. The third-order valence-corrected chi connectivity index (χ3v) is 9.02. The van der Waals surface area contributed by atoms with E-state index in [4.69, 9.17) is 9.47 Å². The number of sulfone groups is 1. The van der Waals surface area contributed by atoms with Crippen molar-refractivity contribution in [2.24, 2.45) is 5.92 Å². The van der Waals surface area contributed by atoms with E-state index in [1.807, 2.05) is 0 Å². The Kier molecular flexibility index (Phi) is 8.06. The molecule has 0 radical (unpaired) electrons. The molecular weight excluding hydrogens is 509 g/mol. The van der Waals surface area contributed by atoms with Crippen LogP contribution < -0.4 is 15.6 Å². The molecule has 3 aromatic rings. The number of H-pyrrole nitrogens is 1. The van der Waals surface area contributed by atoms with Gasteiger partial charge in [0.05, 0.1) is 24.4 Å². The van der Waals surface area contributed by atoms with Crippen molar-refractivity contribution in [3.63, 3.8) is 0 Å². The van der Waals surface area contributed by atoms with E-state index in [0.717, 1.165) is 12.8 Å². The van der Waals surface area contributed by atoms with Crippen molar-refractivity contribution in [3.8, 4) is 5.75 Å². The molecule has 9 nitrogen and oxygen atoms in total. The highest BCUT2D eigenvalue weighted by molar-refractivity contribution is 7.91. The number of aromatic nitrogens is 2. The highest BCUT2D eigenvalue weighted by Gasteiger charge is 2.28. The van der Waals surface area contributed by atoms with Crippen LogP contribution in [0.15, 0.2) is 28.4 Å². The predicted octanol–water partition coefficient (Wildman–Crippen LogP) is 3.18. The normalized spacial score (nSPS) is 18.3. The second-order valence-electron chi connectivity index (χ2n) is 8.99. The summed E-state index contributed by atoms with van der Waals surface area (Å²) in [6, 6.07) is 4.26. The van der Waals surface area contributed by atoms with Crippen molar-refractivity contribution in [1.82, 2.24) is 15.3 Å². The molecule has 1 aromatic carbocycles. The molecule has 4 rings (SSSR count). The number of ether oxygens (including phenoxy) is 2. The minimum atomic E-state index is -3.00. The topological polar surface area (TPSA) is 127 Å². The number of amides is 1. The van der Waals surface area contributed by atoms with Crippen molar-refractivity contribution in [3.05, 3.63) is 56.7 Å². The quantitative estimate of drug-likeness (QED) is 0.429. The van der Waals surface area contributed by atoms with E-state index in [1.165, 1.54) is 42.9 Å². The maximum absolute atomic E-state index is 13.6. The molecule has 0 unspecified atom stereocenters. The fourth-order valence-corrected chi connectivity index (χ4v) is 6.42. The Balaban J connectivity index is 1.35. The molecule has 0 spiro atoms. The van der Waals surface area contributed by atoms with Crippen LogP contribution >= 0.6 is 11.3 Å². The second-order valence-corrected chi connectivity index (χ2v) is 12.2. The number of halogens is 1. The van der Waals surface area contributed by atoms with E-state index in [9.17, 15) is 22.4 Å². The van der Waals surface area contributed by atoms with Crippen LogP contribution in [0, 0.1) is 11.7 Å². The van der Waals surface area contributed by atoms with Gasteiger partial charge < -0.3 is 19.8 Å². The van der Waals surface area contributed by atoms with Gasteiger partial charge in [0.2, 0.25) is 5.82 Å². The fraction of sp³-hybridized carbons (Fsp3) is 0.458. The van der Waals surface area contributed by atoms with Gasteiger partial charge in [-0.1, -0.05) is 6.07 Å². The molecule has 1 saturated carbocycles. The smallest absolute Gasteiger partial charge is 0.287 e. The third-order valence-electron chi connectivity index (χ3n) is 6.41. The van der Waals surface area contributed by atoms with Crippen LogP contribution in [0.1, 0.15) is 47.4 Å². The number of hydrogen-bond donors (Lipinski definition) is 2. The average molecular weight is 538 g/mol. The zero-order chi connectivity index (χ0) is 25.9. The molecule has 0 saturated heterocycles. The van der Waals surface area contributed by atoms with E-state index in [1.54, 1.807) is 5.38 Å². The number of rotatable bonds is 9. The average Bonchev–Trinajstić information content (AvgIpc) is 3.26. The Morgan fingerprint density at radius 1 is 1.28 bits per heavy atom. The summed E-state index contributed by atoms with van der Waals surface area (Å²) < 4.78 is 47.8. The number of fused-ring (bicyclic) bond motifs is 1. The van der Waals surface area contributed by atoms with Gasteiger partial charge in [0.1, 0.15) is 14.7 Å². The van der Waals surface area contributed by atoms with E-state index >= 15 is 0 Å². The minimum Gasteiger partial charge on any atom is -0.494 e. The Morgan fingerprint density at radius 2 is 2.03 bits per heavy atom. The van der Waals surface area contributed by atoms with Gasteiger partial charge in [-0.2, -0.15) is 0 Å². The van der Waals surface area contributed by atoms with Gasteiger partial charge in [0, 0.05) is 25.0 Å². The SMILES string of the molecule is COc1cc(CNC(=O)c2nc3scc(COCC4CCC(S(C)(=O)=O)CC4)c3c(=O)[nH]2)ccc1F. The van der Waals surface area contributed by atoms with Gasteiger partial charge >= 0.3 is 0 Å². The summed E-state index contributed by atoms with van der Waals surface area (Å²) >= 11 is 1.25. The van der Waals surface area contributed by atoms with E-state index in [-0.39, 0.29) is 30.0 Å². The number of hydrogen-bond acceptors (Lipinski definition) is 8. The summed E-state index contributed by atoms with van der Waals surface area (Å²) in [5.74, 6) is -0.808. The fourth-order valence-electron chi connectivity index (χ4n) is 4.36. The predicted molar refractivity (Wildman–Crippen MR) is 135 cm³/mol. The lowest BCUT2D eigenvalue weighted by atomic mass is 9.89. The van der Waals surface area contributed by atoms with Gasteiger partial charge in [-0.05, 0) is 54.7 Å². The first-order valence-electron chi connectivity index (χ1n) is 11.5. The van der Waals surface area contributed by atoms with Crippen LogP contribution in [0.2, 0.25) is 0 Å². The summed E-state index contributed by atoms with van der Waals surface area (Å²) in [7, 11) is -1.64. The van der Waals surface area contributed by atoms with Gasteiger partial charge in [-0.3, -0.25) is 9.59 Å². The maximum atomic E-state index is 13.6. The molecule has 2 N–H and O–H groups in total. The zero-order valence-electron chi connectivity index (χ0n) is 20.0. The summed E-state index contributed by atoms with van der Waals surface area (Å²) in [5, 5.41) is 4.58. The van der Waals surface area contributed by atoms with E-state index in [0.29, 0.717) is 46.7 Å². The zero-order valence-corrected chi connectivity index (χ0v) is 21.6. The van der Waals surface area contributed by atoms with Gasteiger partial charge in [0.15, 0.2) is 11.6 Å². The molecule has 1 aliphatic rings. The summed E-state index contributed by atoms with van der Waals surface area (Å²) in [5.41, 5.74) is 0.895. The van der Waals surface area contributed by atoms with Crippen molar-refractivity contribution < 1.29 is 27.1 Å². The number of benzene rings is 1. The lowest BCUT2D eigenvalue weighted by molar-refractivity contribution is 0.0750. The largest absolute Gasteiger partial charge is 0.494 e. The molecule has 1 amide bonds. The number of thiophene rings is 1. The van der Waals surface area contributed by atoms with Gasteiger partial charge in [-0.25, -0.2) is 17.8 Å². The van der Waals surface area contributed by atoms with E-state index in [2.05, 4.69) is 15.3 Å². The molecule has 1 fully saturated rings. The van der Waals surface area contributed by atoms with Crippen LogP contribution in [0.5, 0.6) is 5.75 Å². The molecular formula is C24H28FN3O6S2. The second kappa shape index (κ2) is 11.1. The van der Waals surface area contributed by atoms with Crippen LogP contribution in [0.3, 0.4) is 0 Å². The highest BCUT2D eigenvalue weighted by atomic mass is 32.2. The highest BCUT2D eigenvalue weighted by Crippen LogP contribution is 2.29. The molecule has 0 bridgehead atoms. The van der Waals surface area contributed by atoms with Gasteiger partial charge in [-0.15, -0.1) is 11.3 Å². The number of carbonyl (C=O) groups excluding carboxylic acids is 1. The Morgan fingerprint density at radius 3 is 2.72 bits per heavy atom. The number of nitrogens with one attached hydrogen (secondary N) is 2. The van der Waals surface area contributed by atoms with Crippen LogP contribution in [-0.4, -0.2) is 49.5 Å². The molecule has 0 atom stereocenters. The first-order valence-corrected chi connectivity index (χ1v) is 14.4. The Bertz CT molecular complexity index is 1410. The van der Waals surface area contributed by atoms with Crippen LogP contribution in [0.4, 0.5) is 4.39 Å². The summed E-state index contributed by atoms with van der Waals surface area (Å²) in [6.45, 7) is 0.829. The standard InChI is InChI=1S/C24H28FN3O6S2/c1-33-19-9-15(5-8-18(19)25)10-26-23(30)21-27-22(29)20-16(13-35-24(20)28-21)12-34-11-14-3-6-17(7-4-14)36(2,31)32/h5,8-9,13-14,17H,3-4,6-7,10-12H2,1-2H3,(H,26,30)(H,27,28,29). The van der Waals surface area contributed by atoms with Crippen LogP contribution in [-0.2, 0) is 27.7 Å². The molecule has 0 aliphatic heterocycles. The van der Waals surface area contributed by atoms with Crippen molar-refractivity contribution >= 4 is 37.3 Å². The Hall–Kier alpha value is -2.83. The van der Waals surface area contributed by atoms with Crippen molar-refractivity contribution in [1.29, 1.82) is 0 Å². The Labute approximate surface area is 212 Å². The minimum absolute atomic E-state index is 0.0737. The number of methoxy groups -OCH3 is 1. The number of carbonyl (C=O) groups is 1. The number of nitrogens with zero attached hydrogens (tertiary/aromatic N) is 1. The lowest BCUT2D eigenvalue weighted by Crippen LogP contribution is -2.28. The molecule has 36 heavy (non-hydrogen) atoms. The molecule has 1 aliphatic carbocycles. The summed E-state index contributed by atoms with van der Waals surface area (Å²) in [6.07, 6.45) is 4.19. The lowest BCUT2D eigenvalue weighted by Gasteiger charge is -2.27. The third kappa shape index (κ3) is 6.11. The first kappa shape index (κ1) is 26.2. The van der Waals surface area contributed by atoms with Crippen molar-refractivity contribution in [2.75, 3.05) is 20.0 Å².